The van der Waals surface area contributed by atoms with Crippen LogP contribution in [0.1, 0.15) is 43.2 Å². The van der Waals surface area contributed by atoms with Crippen LogP contribution in [0.25, 0.3) is 0 Å². The van der Waals surface area contributed by atoms with E-state index in [9.17, 15) is 4.39 Å². The summed E-state index contributed by atoms with van der Waals surface area (Å²) in [6, 6.07) is 9.11. The van der Waals surface area contributed by atoms with Gasteiger partial charge in [0, 0.05) is 37.9 Å². The van der Waals surface area contributed by atoms with E-state index in [2.05, 4.69) is 21.3 Å². The first-order valence-electron chi connectivity index (χ1n) is 9.50. The van der Waals surface area contributed by atoms with E-state index in [4.69, 9.17) is 4.74 Å². The Morgan fingerprint density at radius 2 is 1.85 bits per heavy atom. The average Bonchev–Trinajstić information content (AvgIpc) is 2.63. The van der Waals surface area contributed by atoms with Gasteiger partial charge in [0.2, 0.25) is 0 Å². The van der Waals surface area contributed by atoms with E-state index in [-0.39, 0.29) is 11.6 Å². The highest BCUT2D eigenvalue weighted by atomic mass is 19.1. The topological polar surface area (TPSA) is 37.4 Å². The largest absolute Gasteiger partial charge is 0.494 e. The number of hydrogen-bond donors (Lipinski definition) is 1. The first-order valence-corrected chi connectivity index (χ1v) is 9.50. The molecule has 3 rings (SSSR count). The quantitative estimate of drug-likeness (QED) is 0.837. The lowest BCUT2D eigenvalue weighted by Gasteiger charge is -2.27. The van der Waals surface area contributed by atoms with Crippen molar-refractivity contribution in [3.8, 4) is 5.75 Å². The molecule has 0 atom stereocenters. The molecule has 1 aromatic heterocycles. The normalized spacial score (nSPS) is 15.4. The molecular weight excluding hydrogens is 329 g/mol. The zero-order valence-electron chi connectivity index (χ0n) is 15.5. The van der Waals surface area contributed by atoms with Crippen molar-refractivity contribution in [1.29, 1.82) is 0 Å². The Hall–Kier alpha value is -2.14. The van der Waals surface area contributed by atoms with Gasteiger partial charge >= 0.3 is 0 Å². The number of halogens is 1. The monoisotopic (exact) mass is 357 g/mol. The van der Waals surface area contributed by atoms with E-state index in [0.29, 0.717) is 6.54 Å². The lowest BCUT2D eigenvalue weighted by Crippen LogP contribution is -2.29. The molecular formula is C21H28FN3O. The molecule has 0 radical (unpaired) electrons. The maximum atomic E-state index is 13.5. The Kier molecular flexibility index (Phi) is 6.83. The minimum Gasteiger partial charge on any atom is -0.494 e. The molecule has 5 heteroatoms. The van der Waals surface area contributed by atoms with Crippen LogP contribution in [0, 0.1) is 5.82 Å². The molecule has 2 heterocycles. The second-order valence-corrected chi connectivity index (χ2v) is 6.81. The average molecular weight is 357 g/mol. The number of hydrogen-bond acceptors (Lipinski definition) is 4. The molecule has 1 N–H and O–H groups in total. The summed E-state index contributed by atoms with van der Waals surface area (Å²) in [6.07, 6.45) is 8.32. The lowest BCUT2D eigenvalue weighted by atomic mass is 10.1. The molecule has 1 saturated heterocycles. The Morgan fingerprint density at radius 1 is 1.08 bits per heavy atom. The summed E-state index contributed by atoms with van der Waals surface area (Å²) in [5, 5.41) is 3.45. The fourth-order valence-electron chi connectivity index (χ4n) is 3.47. The van der Waals surface area contributed by atoms with Crippen LogP contribution >= 0.6 is 0 Å². The summed E-state index contributed by atoms with van der Waals surface area (Å²) in [6.45, 7) is 3.56. The van der Waals surface area contributed by atoms with Crippen molar-refractivity contribution in [2.75, 3.05) is 25.1 Å². The molecule has 1 aromatic carbocycles. The van der Waals surface area contributed by atoms with Gasteiger partial charge < -0.3 is 15.0 Å². The van der Waals surface area contributed by atoms with E-state index in [1.807, 2.05) is 12.3 Å². The fourth-order valence-corrected chi connectivity index (χ4v) is 3.47. The van der Waals surface area contributed by atoms with Crippen molar-refractivity contribution < 1.29 is 9.13 Å². The van der Waals surface area contributed by atoms with Crippen LogP contribution < -0.4 is 15.0 Å². The van der Waals surface area contributed by atoms with Crippen molar-refractivity contribution in [2.24, 2.45) is 0 Å². The van der Waals surface area contributed by atoms with Crippen molar-refractivity contribution in [3.63, 3.8) is 0 Å². The van der Waals surface area contributed by atoms with Crippen molar-refractivity contribution in [2.45, 2.75) is 45.2 Å². The van der Waals surface area contributed by atoms with Crippen LogP contribution in [-0.2, 0) is 13.1 Å². The maximum absolute atomic E-state index is 13.5. The van der Waals surface area contributed by atoms with Crippen molar-refractivity contribution in [1.82, 2.24) is 10.3 Å². The van der Waals surface area contributed by atoms with Crippen molar-refractivity contribution in [3.05, 3.63) is 53.5 Å². The highest BCUT2D eigenvalue weighted by molar-refractivity contribution is 5.46. The number of ether oxygens (including phenoxy) is 1. The van der Waals surface area contributed by atoms with Gasteiger partial charge in [-0.1, -0.05) is 31.4 Å². The number of benzene rings is 1. The number of methoxy groups -OCH3 is 1. The van der Waals surface area contributed by atoms with Gasteiger partial charge in [0.15, 0.2) is 11.6 Å². The van der Waals surface area contributed by atoms with Crippen LogP contribution in [-0.4, -0.2) is 25.2 Å². The fraction of sp³-hybridized carbons (Fsp3) is 0.476. The minimum atomic E-state index is -0.331. The first kappa shape index (κ1) is 18.6. The van der Waals surface area contributed by atoms with E-state index in [1.165, 1.54) is 50.8 Å². The smallest absolute Gasteiger partial charge is 0.165 e. The molecule has 0 amide bonds. The highest BCUT2D eigenvalue weighted by Crippen LogP contribution is 2.22. The summed E-state index contributed by atoms with van der Waals surface area (Å²) in [7, 11) is 1.49. The van der Waals surface area contributed by atoms with Crippen LogP contribution in [0.15, 0.2) is 36.5 Å². The molecule has 1 aliphatic rings. The van der Waals surface area contributed by atoms with E-state index in [1.54, 1.807) is 12.1 Å². The number of aromatic nitrogens is 1. The van der Waals surface area contributed by atoms with Gasteiger partial charge in [0.05, 0.1) is 7.11 Å². The third kappa shape index (κ3) is 4.94. The Labute approximate surface area is 155 Å². The van der Waals surface area contributed by atoms with Gasteiger partial charge in [-0.3, -0.25) is 0 Å². The van der Waals surface area contributed by atoms with Gasteiger partial charge in [0.1, 0.15) is 5.82 Å². The standard InChI is InChI=1S/C21H28FN3O/c1-26-20-14-17(9-10-19(20)22)15-23-16-18-8-7-11-24-21(18)25-12-5-3-2-4-6-13-25/h7-11,14,23H,2-6,12-13,15-16H2,1H3. The van der Waals surface area contributed by atoms with Gasteiger partial charge in [0.25, 0.3) is 0 Å². The molecule has 4 nitrogen and oxygen atoms in total. The van der Waals surface area contributed by atoms with Crippen molar-refractivity contribution >= 4 is 5.82 Å². The van der Waals surface area contributed by atoms with E-state index < -0.39 is 0 Å². The summed E-state index contributed by atoms with van der Waals surface area (Å²) in [4.78, 5) is 7.08. The highest BCUT2D eigenvalue weighted by Gasteiger charge is 2.14. The number of anilines is 1. The number of nitrogens with zero attached hydrogens (tertiary/aromatic N) is 2. The second kappa shape index (κ2) is 9.53. The molecule has 1 aliphatic heterocycles. The summed E-state index contributed by atoms with van der Waals surface area (Å²) in [5.74, 6) is 1.05. The maximum Gasteiger partial charge on any atom is 0.165 e. The number of rotatable bonds is 6. The molecule has 1 fully saturated rings. The molecule has 0 spiro atoms. The Bertz CT molecular complexity index is 699. The van der Waals surface area contributed by atoms with E-state index >= 15 is 0 Å². The third-order valence-corrected chi connectivity index (χ3v) is 4.88. The first-order chi connectivity index (χ1) is 12.8. The van der Waals surface area contributed by atoms with Crippen LogP contribution in [0.4, 0.5) is 10.2 Å². The second-order valence-electron chi connectivity index (χ2n) is 6.81. The minimum absolute atomic E-state index is 0.284. The van der Waals surface area contributed by atoms with Gasteiger partial charge in [-0.25, -0.2) is 9.37 Å². The number of pyridine rings is 1. The molecule has 0 aliphatic carbocycles. The summed E-state index contributed by atoms with van der Waals surface area (Å²) in [5.41, 5.74) is 2.21. The molecule has 26 heavy (non-hydrogen) atoms. The van der Waals surface area contributed by atoms with E-state index in [0.717, 1.165) is 31.0 Å². The molecule has 0 unspecified atom stereocenters. The molecule has 0 bridgehead atoms. The predicted octanol–water partition coefficient (Wildman–Crippen LogP) is 4.29. The van der Waals surface area contributed by atoms with Gasteiger partial charge in [-0.2, -0.15) is 0 Å². The van der Waals surface area contributed by atoms with Crippen LogP contribution in [0.3, 0.4) is 0 Å². The third-order valence-electron chi connectivity index (χ3n) is 4.88. The zero-order valence-corrected chi connectivity index (χ0v) is 15.5. The van der Waals surface area contributed by atoms with Crippen LogP contribution in [0.2, 0.25) is 0 Å². The van der Waals surface area contributed by atoms with Gasteiger partial charge in [-0.15, -0.1) is 0 Å². The SMILES string of the molecule is COc1cc(CNCc2cccnc2N2CCCCCCC2)ccc1F. The Balaban J connectivity index is 1.63. The molecule has 0 saturated carbocycles. The Morgan fingerprint density at radius 3 is 2.62 bits per heavy atom. The van der Waals surface area contributed by atoms with Gasteiger partial charge in [-0.05, 0) is 36.6 Å². The molecule has 140 valence electrons. The van der Waals surface area contributed by atoms with Crippen LogP contribution in [0.5, 0.6) is 5.75 Å². The molecule has 2 aromatic rings. The summed E-state index contributed by atoms with van der Waals surface area (Å²) >= 11 is 0. The predicted molar refractivity (Wildman–Crippen MR) is 103 cm³/mol. The summed E-state index contributed by atoms with van der Waals surface area (Å²) < 4.78 is 18.6. The lowest BCUT2D eigenvalue weighted by molar-refractivity contribution is 0.385. The number of nitrogens with one attached hydrogen (secondary N) is 1. The zero-order chi connectivity index (χ0) is 18.2.